The van der Waals surface area contributed by atoms with Crippen LogP contribution in [0.1, 0.15) is 6.42 Å². The number of anilines is 1. The Labute approximate surface area is 158 Å². The average molecular weight is 375 g/mol. The van der Waals surface area contributed by atoms with Crippen molar-refractivity contribution in [1.29, 1.82) is 0 Å². The summed E-state index contributed by atoms with van der Waals surface area (Å²) < 4.78 is 5.34. The quantitative estimate of drug-likeness (QED) is 0.302. The SMILES string of the molecule is O=C1NC(=S)N(c2ccccc2)C(=O)[C@H]1C=NCCC[NH+]1CCOCC1. The van der Waals surface area contributed by atoms with Crippen LogP contribution in [0, 0.1) is 5.92 Å². The molecule has 138 valence electrons. The highest BCUT2D eigenvalue weighted by molar-refractivity contribution is 7.80. The molecule has 0 bridgehead atoms. The van der Waals surface area contributed by atoms with Gasteiger partial charge in [-0.15, -0.1) is 0 Å². The Balaban J connectivity index is 1.56. The van der Waals surface area contributed by atoms with Crippen LogP contribution in [0.15, 0.2) is 35.3 Å². The Morgan fingerprint density at radius 1 is 1.27 bits per heavy atom. The van der Waals surface area contributed by atoms with Crippen LogP contribution in [0.5, 0.6) is 0 Å². The van der Waals surface area contributed by atoms with E-state index in [1.54, 1.807) is 12.1 Å². The molecule has 0 saturated carbocycles. The highest BCUT2D eigenvalue weighted by Crippen LogP contribution is 2.19. The van der Waals surface area contributed by atoms with Gasteiger partial charge >= 0.3 is 0 Å². The van der Waals surface area contributed by atoms with Crippen LogP contribution in [0.2, 0.25) is 0 Å². The van der Waals surface area contributed by atoms with Gasteiger partial charge in [-0.2, -0.15) is 0 Å². The number of hydrogen-bond donors (Lipinski definition) is 2. The summed E-state index contributed by atoms with van der Waals surface area (Å²) in [6.07, 6.45) is 2.36. The third-order valence-electron chi connectivity index (χ3n) is 4.49. The Morgan fingerprint density at radius 3 is 2.73 bits per heavy atom. The number of aliphatic imine (C=N–C) groups is 1. The fourth-order valence-corrected chi connectivity index (χ4v) is 3.35. The average Bonchev–Trinajstić information content (AvgIpc) is 2.65. The zero-order chi connectivity index (χ0) is 18.4. The van der Waals surface area contributed by atoms with Crippen molar-refractivity contribution in [3.05, 3.63) is 30.3 Å². The Kier molecular flexibility index (Phi) is 6.43. The van der Waals surface area contributed by atoms with Gasteiger partial charge in [-0.1, -0.05) is 18.2 Å². The third-order valence-corrected chi connectivity index (χ3v) is 4.77. The molecule has 2 heterocycles. The molecule has 2 fully saturated rings. The molecular weight excluding hydrogens is 352 g/mol. The van der Waals surface area contributed by atoms with Gasteiger partial charge in [0, 0.05) is 19.2 Å². The van der Waals surface area contributed by atoms with Crippen LogP contribution >= 0.6 is 12.2 Å². The fourth-order valence-electron chi connectivity index (χ4n) is 3.05. The van der Waals surface area contributed by atoms with Gasteiger partial charge in [0.05, 0.1) is 25.4 Å². The number of nitrogens with one attached hydrogen (secondary N) is 2. The lowest BCUT2D eigenvalue weighted by molar-refractivity contribution is -0.908. The van der Waals surface area contributed by atoms with E-state index in [9.17, 15) is 9.59 Å². The lowest BCUT2D eigenvalue weighted by Crippen LogP contribution is -3.14. The van der Waals surface area contributed by atoms with Crippen LogP contribution in [0.3, 0.4) is 0 Å². The van der Waals surface area contributed by atoms with Gasteiger partial charge in [0.2, 0.25) is 5.91 Å². The Hall–Kier alpha value is -2.16. The maximum Gasteiger partial charge on any atom is 0.251 e. The molecule has 2 N–H and O–H groups in total. The number of morpholine rings is 1. The van der Waals surface area contributed by atoms with Crippen LogP contribution < -0.4 is 15.1 Å². The van der Waals surface area contributed by atoms with E-state index in [0.717, 1.165) is 39.3 Å². The maximum absolute atomic E-state index is 12.7. The van der Waals surface area contributed by atoms with Gasteiger partial charge < -0.3 is 15.0 Å². The van der Waals surface area contributed by atoms with Gasteiger partial charge in [-0.25, -0.2) is 0 Å². The largest absolute Gasteiger partial charge is 0.370 e. The summed E-state index contributed by atoms with van der Waals surface area (Å²) in [4.78, 5) is 32.1. The zero-order valence-electron chi connectivity index (χ0n) is 14.5. The molecular formula is C18H23N4O3S+. The van der Waals surface area contributed by atoms with Gasteiger partial charge in [-0.3, -0.25) is 19.5 Å². The number of ether oxygens (including phenoxy) is 1. The summed E-state index contributed by atoms with van der Waals surface area (Å²) in [6, 6.07) is 9.05. The predicted molar refractivity (Wildman–Crippen MR) is 103 cm³/mol. The third kappa shape index (κ3) is 4.51. The summed E-state index contributed by atoms with van der Waals surface area (Å²) in [5.41, 5.74) is 0.636. The topological polar surface area (TPSA) is 75.4 Å². The molecule has 2 amide bonds. The monoisotopic (exact) mass is 375 g/mol. The summed E-state index contributed by atoms with van der Waals surface area (Å²) in [7, 11) is 0. The smallest absolute Gasteiger partial charge is 0.251 e. The number of quaternary nitrogens is 1. The highest BCUT2D eigenvalue weighted by atomic mass is 32.1. The molecule has 7 nitrogen and oxygen atoms in total. The van der Waals surface area contributed by atoms with Gasteiger partial charge in [0.1, 0.15) is 13.1 Å². The number of hydrogen-bond acceptors (Lipinski definition) is 5. The minimum absolute atomic E-state index is 0.103. The second kappa shape index (κ2) is 8.98. The van der Waals surface area contributed by atoms with Crippen molar-refractivity contribution >= 4 is 41.0 Å². The molecule has 2 aliphatic rings. The molecule has 0 spiro atoms. The standard InChI is InChI=1S/C18H22N4O3S/c23-16-15(13-19-7-4-8-21-9-11-25-12-10-21)17(24)22(18(26)20-16)14-5-2-1-3-6-14/h1-3,5-6,13,15H,4,7-12H2,(H,20,23,26)/p+1/t15-/m0/s1. The van der Waals surface area contributed by atoms with Crippen LogP contribution in [-0.4, -0.2) is 62.5 Å². The molecule has 0 aliphatic carbocycles. The molecule has 8 heteroatoms. The first-order valence-electron chi connectivity index (χ1n) is 8.82. The van der Waals surface area contributed by atoms with E-state index in [1.165, 1.54) is 16.0 Å². The molecule has 2 aliphatic heterocycles. The van der Waals surface area contributed by atoms with Crippen molar-refractivity contribution in [3.63, 3.8) is 0 Å². The van der Waals surface area contributed by atoms with Crippen molar-refractivity contribution in [2.24, 2.45) is 10.9 Å². The summed E-state index contributed by atoms with van der Waals surface area (Å²) in [5.74, 6) is -1.74. The van der Waals surface area contributed by atoms with E-state index >= 15 is 0 Å². The van der Waals surface area contributed by atoms with Crippen molar-refractivity contribution in [3.8, 4) is 0 Å². The summed E-state index contributed by atoms with van der Waals surface area (Å²) in [6.45, 7) is 5.28. The number of para-hydroxylation sites is 1. The number of amides is 2. The van der Waals surface area contributed by atoms with E-state index in [1.807, 2.05) is 18.2 Å². The molecule has 0 aromatic heterocycles. The van der Waals surface area contributed by atoms with E-state index in [4.69, 9.17) is 17.0 Å². The van der Waals surface area contributed by atoms with E-state index in [-0.39, 0.29) is 11.0 Å². The highest BCUT2D eigenvalue weighted by Gasteiger charge is 2.38. The lowest BCUT2D eigenvalue weighted by atomic mass is 10.1. The van der Waals surface area contributed by atoms with Gasteiger partial charge in [0.15, 0.2) is 11.0 Å². The number of rotatable bonds is 6. The molecule has 3 rings (SSSR count). The number of thiocarbonyl (C=S) groups is 1. The van der Waals surface area contributed by atoms with Crippen molar-refractivity contribution in [1.82, 2.24) is 5.32 Å². The molecule has 0 unspecified atom stereocenters. The first-order valence-corrected chi connectivity index (χ1v) is 9.23. The second-order valence-electron chi connectivity index (χ2n) is 6.30. The normalized spacial score (nSPS) is 22.1. The molecule has 0 radical (unpaired) electrons. The number of nitrogens with zero attached hydrogens (tertiary/aromatic N) is 2. The zero-order valence-corrected chi connectivity index (χ0v) is 15.3. The van der Waals surface area contributed by atoms with Gasteiger partial charge in [0.25, 0.3) is 5.91 Å². The van der Waals surface area contributed by atoms with E-state index in [2.05, 4.69) is 10.3 Å². The number of benzene rings is 1. The van der Waals surface area contributed by atoms with Crippen molar-refractivity contribution in [2.75, 3.05) is 44.3 Å². The van der Waals surface area contributed by atoms with Crippen LogP contribution in [0.4, 0.5) is 5.69 Å². The Bertz CT molecular complexity index is 689. The number of carbonyl (C=O) groups excluding carboxylic acids is 2. The van der Waals surface area contributed by atoms with Crippen LogP contribution in [0.25, 0.3) is 0 Å². The second-order valence-corrected chi connectivity index (χ2v) is 6.69. The molecule has 2 saturated heterocycles. The first kappa shape index (κ1) is 18.6. The molecule has 1 aromatic carbocycles. The fraction of sp³-hybridized carbons (Fsp3) is 0.444. The number of carbonyl (C=O) groups is 2. The van der Waals surface area contributed by atoms with Crippen molar-refractivity contribution < 1.29 is 19.2 Å². The summed E-state index contributed by atoms with van der Waals surface area (Å²) >= 11 is 5.16. The summed E-state index contributed by atoms with van der Waals surface area (Å²) in [5, 5.41) is 2.69. The van der Waals surface area contributed by atoms with Gasteiger partial charge in [-0.05, 0) is 24.4 Å². The first-order chi connectivity index (χ1) is 12.7. The minimum atomic E-state index is -0.947. The minimum Gasteiger partial charge on any atom is -0.370 e. The Morgan fingerprint density at radius 2 is 2.00 bits per heavy atom. The van der Waals surface area contributed by atoms with E-state index in [0.29, 0.717) is 12.2 Å². The van der Waals surface area contributed by atoms with E-state index < -0.39 is 11.8 Å². The van der Waals surface area contributed by atoms with Crippen LogP contribution in [-0.2, 0) is 14.3 Å². The molecule has 26 heavy (non-hydrogen) atoms. The van der Waals surface area contributed by atoms with Crippen molar-refractivity contribution in [2.45, 2.75) is 6.42 Å². The molecule has 1 aromatic rings. The predicted octanol–water partition coefficient (Wildman–Crippen LogP) is -0.573. The maximum atomic E-state index is 12.7. The molecule has 1 atom stereocenters. The lowest BCUT2D eigenvalue weighted by Gasteiger charge is -2.30.